The molecule has 0 N–H and O–H groups in total. The summed E-state index contributed by atoms with van der Waals surface area (Å²) in [4.78, 5) is 2.41. The van der Waals surface area contributed by atoms with Gasteiger partial charge in [-0.25, -0.2) is 0 Å². The van der Waals surface area contributed by atoms with Crippen LogP contribution in [-0.2, 0) is 0 Å². The van der Waals surface area contributed by atoms with Gasteiger partial charge in [-0.1, -0.05) is 139 Å². The monoisotopic (exact) mass is 650 g/mol. The van der Waals surface area contributed by atoms with E-state index in [1.165, 1.54) is 70.8 Å². The summed E-state index contributed by atoms with van der Waals surface area (Å²) in [5.74, 6) is 0. The molecule has 2 heteroatoms. The van der Waals surface area contributed by atoms with Crippen LogP contribution in [0.25, 0.3) is 70.9 Å². The van der Waals surface area contributed by atoms with Crippen molar-refractivity contribution in [3.63, 3.8) is 0 Å². The van der Waals surface area contributed by atoms with Crippen LogP contribution in [0.15, 0.2) is 188 Å². The third-order valence-electron chi connectivity index (χ3n) is 10.4. The quantitative estimate of drug-likeness (QED) is 0.168. The van der Waals surface area contributed by atoms with Gasteiger partial charge in [0.15, 0.2) is 0 Å². The lowest BCUT2D eigenvalue weighted by Gasteiger charge is -2.26. The molecule has 2 nitrogen and oxygen atoms in total. The summed E-state index contributed by atoms with van der Waals surface area (Å²) >= 11 is 0. The normalized spacial score (nSPS) is 11.6. The molecule has 0 bridgehead atoms. The van der Waals surface area contributed by atoms with Gasteiger partial charge in [-0.2, -0.15) is 0 Å². The molecule has 240 valence electrons. The zero-order chi connectivity index (χ0) is 33.9. The molecule has 9 aromatic carbocycles. The second-order valence-electron chi connectivity index (χ2n) is 13.5. The van der Waals surface area contributed by atoms with E-state index in [4.69, 9.17) is 0 Å². The van der Waals surface area contributed by atoms with Gasteiger partial charge in [0.2, 0.25) is 0 Å². The van der Waals surface area contributed by atoms with Crippen molar-refractivity contribution >= 4 is 71.2 Å². The van der Waals surface area contributed by atoms with E-state index >= 15 is 0 Å². The predicted octanol–water partition coefficient (Wildman–Crippen LogP) is 13.7. The number of hydrogen-bond acceptors (Lipinski definition) is 1. The maximum atomic E-state index is 2.41. The third kappa shape index (κ3) is 4.80. The fourth-order valence-corrected chi connectivity index (χ4v) is 7.99. The Kier molecular flexibility index (Phi) is 6.75. The summed E-state index contributed by atoms with van der Waals surface area (Å²) in [6, 6.07) is 68.7. The zero-order valence-corrected chi connectivity index (χ0v) is 28.3. The fourth-order valence-electron chi connectivity index (χ4n) is 7.99. The molecule has 0 atom stereocenters. The molecule has 0 saturated carbocycles. The van der Waals surface area contributed by atoms with Crippen LogP contribution in [0.4, 0.5) is 17.1 Å². The highest BCUT2D eigenvalue weighted by molar-refractivity contribution is 6.25. The van der Waals surface area contributed by atoms with Gasteiger partial charge in [0.1, 0.15) is 0 Å². The van der Waals surface area contributed by atoms with Crippen LogP contribution in [0.3, 0.4) is 0 Å². The van der Waals surface area contributed by atoms with Crippen LogP contribution in [0.1, 0.15) is 5.56 Å². The van der Waals surface area contributed by atoms with Gasteiger partial charge in [0.05, 0.1) is 11.0 Å². The lowest BCUT2D eigenvalue weighted by Crippen LogP contribution is -2.10. The van der Waals surface area contributed by atoms with Crippen molar-refractivity contribution in [2.75, 3.05) is 4.90 Å². The van der Waals surface area contributed by atoms with Crippen LogP contribution >= 0.6 is 0 Å². The maximum absolute atomic E-state index is 2.41. The molecule has 0 unspecified atom stereocenters. The van der Waals surface area contributed by atoms with Gasteiger partial charge >= 0.3 is 0 Å². The molecular weight excluding hydrogens is 617 g/mol. The van der Waals surface area contributed by atoms with Crippen LogP contribution in [0.5, 0.6) is 0 Å². The Labute approximate surface area is 297 Å². The van der Waals surface area contributed by atoms with E-state index in [1.807, 2.05) is 0 Å². The number of fused-ring (bicyclic) bond motifs is 9. The van der Waals surface area contributed by atoms with Crippen LogP contribution in [0, 0.1) is 6.92 Å². The first kappa shape index (κ1) is 29.3. The van der Waals surface area contributed by atoms with E-state index in [0.29, 0.717) is 0 Å². The Balaban J connectivity index is 1.20. The van der Waals surface area contributed by atoms with Crippen molar-refractivity contribution in [3.05, 3.63) is 194 Å². The number of benzene rings is 9. The second kappa shape index (κ2) is 11.8. The first-order chi connectivity index (χ1) is 25.2. The molecular formula is C49H34N2. The summed E-state index contributed by atoms with van der Waals surface area (Å²) in [5, 5.41) is 10.1. The highest BCUT2D eigenvalue weighted by Crippen LogP contribution is 2.43. The highest BCUT2D eigenvalue weighted by Gasteiger charge is 2.19. The molecule has 0 radical (unpaired) electrons. The van der Waals surface area contributed by atoms with Gasteiger partial charge < -0.3 is 9.47 Å². The molecule has 10 rings (SSSR count). The fraction of sp³-hybridized carbons (Fsp3) is 0.0204. The molecule has 0 amide bonds. The SMILES string of the molecule is Cc1ccc(N(c2ccc3c4ccccc4c4ccccc4c3c2)c2ccc3c4ccccc4n(-c4ccc(-c5ccccc5)cc4)c3c2)cc1. The van der Waals surface area contributed by atoms with Crippen molar-refractivity contribution in [3.8, 4) is 16.8 Å². The van der Waals surface area contributed by atoms with Gasteiger partial charge in [-0.15, -0.1) is 0 Å². The Hall–Kier alpha value is -6.64. The van der Waals surface area contributed by atoms with E-state index in [-0.39, 0.29) is 0 Å². The number of para-hydroxylation sites is 1. The summed E-state index contributed by atoms with van der Waals surface area (Å²) in [5.41, 5.74) is 10.6. The second-order valence-corrected chi connectivity index (χ2v) is 13.5. The molecule has 0 saturated heterocycles. The van der Waals surface area contributed by atoms with Gasteiger partial charge in [0, 0.05) is 33.5 Å². The molecule has 1 heterocycles. The first-order valence-corrected chi connectivity index (χ1v) is 17.6. The first-order valence-electron chi connectivity index (χ1n) is 17.6. The molecule has 0 spiro atoms. The highest BCUT2D eigenvalue weighted by atomic mass is 15.1. The van der Waals surface area contributed by atoms with Crippen LogP contribution in [0.2, 0.25) is 0 Å². The Morgan fingerprint density at radius 2 is 0.804 bits per heavy atom. The van der Waals surface area contributed by atoms with E-state index in [1.54, 1.807) is 0 Å². The smallest absolute Gasteiger partial charge is 0.0561 e. The number of anilines is 3. The zero-order valence-electron chi connectivity index (χ0n) is 28.3. The molecule has 10 aromatic rings. The summed E-state index contributed by atoms with van der Waals surface area (Å²) in [6.45, 7) is 2.15. The number of aromatic nitrogens is 1. The minimum atomic E-state index is 1.11. The standard InChI is InChI=1S/C49H34N2/c1-33-19-23-36(24-20-33)50(38-27-29-44-42-15-6-5-13-40(42)41-14-7-8-16-43(41)47(44)31-38)39-28-30-46-45-17-9-10-18-48(45)51(49(46)32-39)37-25-21-35(22-26-37)34-11-3-2-4-12-34/h2-32H,1H3. The number of nitrogens with zero attached hydrogens (tertiary/aromatic N) is 2. The lowest BCUT2D eigenvalue weighted by molar-refractivity contribution is 1.18. The summed E-state index contributed by atoms with van der Waals surface area (Å²) in [7, 11) is 0. The molecule has 51 heavy (non-hydrogen) atoms. The van der Waals surface area contributed by atoms with Crippen molar-refractivity contribution in [1.82, 2.24) is 4.57 Å². The Morgan fingerprint density at radius 3 is 1.47 bits per heavy atom. The average molecular weight is 651 g/mol. The van der Waals surface area contributed by atoms with Gasteiger partial charge in [-0.3, -0.25) is 0 Å². The largest absolute Gasteiger partial charge is 0.310 e. The van der Waals surface area contributed by atoms with Crippen molar-refractivity contribution in [2.45, 2.75) is 6.92 Å². The molecule has 0 aliphatic heterocycles. The molecule has 0 fully saturated rings. The number of aryl methyl sites for hydroxylation is 1. The van der Waals surface area contributed by atoms with Crippen molar-refractivity contribution in [1.29, 1.82) is 0 Å². The lowest BCUT2D eigenvalue weighted by atomic mass is 9.94. The summed E-state index contributed by atoms with van der Waals surface area (Å²) < 4.78 is 2.41. The maximum Gasteiger partial charge on any atom is 0.0561 e. The topological polar surface area (TPSA) is 8.17 Å². The Morgan fingerprint density at radius 1 is 0.333 bits per heavy atom. The van der Waals surface area contributed by atoms with E-state index in [9.17, 15) is 0 Å². The number of rotatable bonds is 5. The van der Waals surface area contributed by atoms with Gasteiger partial charge in [-0.05, 0) is 105 Å². The average Bonchev–Trinajstić information content (AvgIpc) is 3.53. The number of hydrogen-bond donors (Lipinski definition) is 0. The molecule has 0 aliphatic carbocycles. The summed E-state index contributed by atoms with van der Waals surface area (Å²) in [6.07, 6.45) is 0. The minimum Gasteiger partial charge on any atom is -0.310 e. The minimum absolute atomic E-state index is 1.11. The van der Waals surface area contributed by atoms with Crippen molar-refractivity contribution < 1.29 is 0 Å². The molecule has 0 aliphatic rings. The van der Waals surface area contributed by atoms with Crippen LogP contribution < -0.4 is 4.90 Å². The molecule has 1 aromatic heterocycles. The third-order valence-corrected chi connectivity index (χ3v) is 10.4. The van der Waals surface area contributed by atoms with E-state index < -0.39 is 0 Å². The van der Waals surface area contributed by atoms with E-state index in [0.717, 1.165) is 22.7 Å². The Bertz CT molecular complexity index is 2860. The predicted molar refractivity (Wildman–Crippen MR) is 218 cm³/mol. The van der Waals surface area contributed by atoms with E-state index in [2.05, 4.69) is 204 Å². The van der Waals surface area contributed by atoms with Crippen LogP contribution in [-0.4, -0.2) is 4.57 Å². The van der Waals surface area contributed by atoms with Gasteiger partial charge in [0.25, 0.3) is 0 Å². The van der Waals surface area contributed by atoms with Crippen molar-refractivity contribution in [2.24, 2.45) is 0 Å².